The Morgan fingerprint density at radius 1 is 1.23 bits per heavy atom. The molecular weight excluding hydrogens is 421 g/mol. The molecule has 0 radical (unpaired) electrons. The number of carbonyl (C=O) groups excluding carboxylic acids is 3. The molecule has 1 heterocycles. The van der Waals surface area contributed by atoms with E-state index in [0.717, 1.165) is 32.1 Å². The number of esters is 1. The van der Waals surface area contributed by atoms with Crippen molar-refractivity contribution in [1.29, 1.82) is 0 Å². The zero-order valence-corrected chi connectivity index (χ0v) is 18.0. The van der Waals surface area contributed by atoms with Crippen LogP contribution >= 0.6 is 12.2 Å². The van der Waals surface area contributed by atoms with Crippen LogP contribution in [0.5, 0.6) is 0 Å². The van der Waals surface area contributed by atoms with Gasteiger partial charge in [0.2, 0.25) is 11.8 Å². The minimum absolute atomic E-state index is 0.0686. The quantitative estimate of drug-likeness (QED) is 0.409. The highest BCUT2D eigenvalue weighted by molar-refractivity contribution is 7.80. The predicted octanol–water partition coefficient (Wildman–Crippen LogP) is 2.31. The molecule has 1 aliphatic heterocycles. The van der Waals surface area contributed by atoms with Gasteiger partial charge in [-0.2, -0.15) is 0 Å². The maximum atomic E-state index is 13.0. The lowest BCUT2D eigenvalue weighted by atomic mass is 9.98. The number of hydrogen-bond donors (Lipinski definition) is 2. The standard InChI is InChI=1S/C22H26FN3O4S/c23-16-9-6-15(7-10-16)8-11-19(27)25-22(31)26-13-12-24-21(29)18(26)14-20(28)30-17-4-2-1-3-5-17/h6-11,17-18H,1-5,12-14H2,(H,24,29)(H,25,27,31)/b11-8+. The molecule has 0 bridgehead atoms. The van der Waals surface area contributed by atoms with Crippen LogP contribution in [0.15, 0.2) is 30.3 Å². The first-order chi connectivity index (χ1) is 14.9. The Hall–Kier alpha value is -2.81. The van der Waals surface area contributed by atoms with Crippen molar-refractivity contribution < 1.29 is 23.5 Å². The van der Waals surface area contributed by atoms with E-state index in [2.05, 4.69) is 10.6 Å². The molecule has 2 amide bonds. The molecule has 1 atom stereocenters. The molecular formula is C22H26FN3O4S. The average Bonchev–Trinajstić information content (AvgIpc) is 2.75. The lowest BCUT2D eigenvalue weighted by Crippen LogP contribution is -2.60. The summed E-state index contributed by atoms with van der Waals surface area (Å²) in [5.41, 5.74) is 0.656. The summed E-state index contributed by atoms with van der Waals surface area (Å²) in [6, 6.07) is 4.84. The molecule has 1 aromatic rings. The van der Waals surface area contributed by atoms with Crippen molar-refractivity contribution in [2.24, 2.45) is 0 Å². The zero-order chi connectivity index (χ0) is 22.2. The van der Waals surface area contributed by atoms with Crippen LogP contribution < -0.4 is 10.6 Å². The smallest absolute Gasteiger partial charge is 0.308 e. The van der Waals surface area contributed by atoms with Crippen LogP contribution in [0.25, 0.3) is 6.08 Å². The van der Waals surface area contributed by atoms with Gasteiger partial charge in [-0.15, -0.1) is 0 Å². The molecule has 1 saturated carbocycles. The average molecular weight is 448 g/mol. The molecule has 2 fully saturated rings. The van der Waals surface area contributed by atoms with Gasteiger partial charge in [-0.25, -0.2) is 4.39 Å². The molecule has 3 rings (SSSR count). The Balaban J connectivity index is 1.56. The minimum Gasteiger partial charge on any atom is -0.462 e. The van der Waals surface area contributed by atoms with Gasteiger partial charge in [0.1, 0.15) is 18.0 Å². The van der Waals surface area contributed by atoms with E-state index < -0.39 is 17.9 Å². The maximum Gasteiger partial charge on any atom is 0.308 e. The molecule has 166 valence electrons. The molecule has 7 nitrogen and oxygen atoms in total. The van der Waals surface area contributed by atoms with Gasteiger partial charge in [-0.3, -0.25) is 19.7 Å². The molecule has 0 spiro atoms. The van der Waals surface area contributed by atoms with Crippen molar-refractivity contribution in [2.75, 3.05) is 13.1 Å². The monoisotopic (exact) mass is 447 g/mol. The van der Waals surface area contributed by atoms with Crippen LogP contribution in [0.3, 0.4) is 0 Å². The fourth-order valence-corrected chi connectivity index (χ4v) is 4.02. The Morgan fingerprint density at radius 2 is 1.94 bits per heavy atom. The van der Waals surface area contributed by atoms with Crippen LogP contribution in [0.1, 0.15) is 44.1 Å². The van der Waals surface area contributed by atoms with Crippen molar-refractivity contribution in [1.82, 2.24) is 15.5 Å². The SMILES string of the molecule is O=C(/C=C/c1ccc(F)cc1)NC(=S)N1CCNC(=O)C1CC(=O)OC1CCCCC1. The number of carbonyl (C=O) groups is 3. The first kappa shape index (κ1) is 22.9. The fourth-order valence-electron chi connectivity index (χ4n) is 3.70. The third kappa shape index (κ3) is 6.85. The van der Waals surface area contributed by atoms with Gasteiger partial charge < -0.3 is 15.0 Å². The first-order valence-electron chi connectivity index (χ1n) is 10.4. The molecule has 1 unspecified atom stereocenters. The Labute approximate surface area is 186 Å². The second-order valence-corrected chi connectivity index (χ2v) is 8.02. The van der Waals surface area contributed by atoms with Crippen molar-refractivity contribution in [3.8, 4) is 0 Å². The molecule has 2 aliphatic rings. The summed E-state index contributed by atoms with van der Waals surface area (Å²) in [7, 11) is 0. The molecule has 31 heavy (non-hydrogen) atoms. The number of benzene rings is 1. The number of amides is 2. The van der Waals surface area contributed by atoms with Gasteiger partial charge in [0, 0.05) is 19.2 Å². The lowest BCUT2D eigenvalue weighted by molar-refractivity contribution is -0.153. The number of nitrogens with zero attached hydrogens (tertiary/aromatic N) is 1. The van der Waals surface area contributed by atoms with E-state index in [-0.39, 0.29) is 29.4 Å². The summed E-state index contributed by atoms with van der Waals surface area (Å²) in [4.78, 5) is 38.6. The van der Waals surface area contributed by atoms with Crippen molar-refractivity contribution in [3.63, 3.8) is 0 Å². The third-order valence-electron chi connectivity index (χ3n) is 5.33. The van der Waals surface area contributed by atoms with Crippen LogP contribution in [0.4, 0.5) is 4.39 Å². The van der Waals surface area contributed by atoms with Gasteiger partial charge in [-0.05, 0) is 61.7 Å². The van der Waals surface area contributed by atoms with Crippen LogP contribution in [-0.4, -0.2) is 53.0 Å². The number of hydrogen-bond acceptors (Lipinski definition) is 5. The van der Waals surface area contributed by atoms with Gasteiger partial charge in [0.25, 0.3) is 0 Å². The highest BCUT2D eigenvalue weighted by Gasteiger charge is 2.34. The molecule has 0 aromatic heterocycles. The van der Waals surface area contributed by atoms with E-state index in [1.807, 2.05) is 0 Å². The van der Waals surface area contributed by atoms with E-state index in [0.29, 0.717) is 18.7 Å². The van der Waals surface area contributed by atoms with E-state index in [1.54, 1.807) is 17.0 Å². The van der Waals surface area contributed by atoms with Crippen LogP contribution in [-0.2, 0) is 19.1 Å². The van der Waals surface area contributed by atoms with E-state index >= 15 is 0 Å². The highest BCUT2D eigenvalue weighted by Crippen LogP contribution is 2.21. The highest BCUT2D eigenvalue weighted by atomic mass is 32.1. The number of ether oxygens (including phenoxy) is 1. The topological polar surface area (TPSA) is 87.7 Å². The Kier molecular flexibility index (Phi) is 8.11. The second kappa shape index (κ2) is 11.0. The van der Waals surface area contributed by atoms with E-state index in [4.69, 9.17) is 17.0 Å². The summed E-state index contributed by atoms with van der Waals surface area (Å²) in [6.45, 7) is 0.725. The van der Waals surface area contributed by atoms with Gasteiger partial charge >= 0.3 is 5.97 Å². The number of halogens is 1. The largest absolute Gasteiger partial charge is 0.462 e. The molecule has 2 N–H and O–H groups in total. The van der Waals surface area contributed by atoms with Crippen molar-refractivity contribution in [2.45, 2.75) is 50.7 Å². The van der Waals surface area contributed by atoms with E-state index in [9.17, 15) is 18.8 Å². The Morgan fingerprint density at radius 3 is 2.65 bits per heavy atom. The van der Waals surface area contributed by atoms with Crippen LogP contribution in [0.2, 0.25) is 0 Å². The van der Waals surface area contributed by atoms with Crippen molar-refractivity contribution in [3.05, 3.63) is 41.7 Å². The van der Waals surface area contributed by atoms with E-state index in [1.165, 1.54) is 24.3 Å². The first-order valence-corrected chi connectivity index (χ1v) is 10.9. The van der Waals surface area contributed by atoms with Gasteiger partial charge in [0.05, 0.1) is 6.42 Å². The number of nitrogens with one attached hydrogen (secondary N) is 2. The van der Waals surface area contributed by atoms with Gasteiger partial charge in [-0.1, -0.05) is 18.6 Å². The molecule has 1 aliphatic carbocycles. The van der Waals surface area contributed by atoms with Crippen molar-refractivity contribution >= 4 is 41.2 Å². The summed E-state index contributed by atoms with van der Waals surface area (Å²) in [5, 5.41) is 5.36. The fraction of sp³-hybridized carbons (Fsp3) is 0.455. The number of piperazine rings is 1. The third-order valence-corrected chi connectivity index (χ3v) is 5.67. The lowest BCUT2D eigenvalue weighted by Gasteiger charge is -2.36. The normalized spacial score (nSPS) is 19.7. The summed E-state index contributed by atoms with van der Waals surface area (Å²) < 4.78 is 18.5. The van der Waals surface area contributed by atoms with Gasteiger partial charge in [0.15, 0.2) is 5.11 Å². The maximum absolute atomic E-state index is 13.0. The predicted molar refractivity (Wildman–Crippen MR) is 117 cm³/mol. The molecule has 1 saturated heterocycles. The Bertz CT molecular complexity index is 853. The van der Waals surface area contributed by atoms with Crippen LogP contribution in [0, 0.1) is 5.82 Å². The summed E-state index contributed by atoms with van der Waals surface area (Å²) >= 11 is 5.32. The summed E-state index contributed by atoms with van der Waals surface area (Å²) in [6.07, 6.45) is 7.49. The number of rotatable bonds is 5. The second-order valence-electron chi connectivity index (χ2n) is 7.63. The summed E-state index contributed by atoms with van der Waals surface area (Å²) in [5.74, 6) is -1.61. The zero-order valence-electron chi connectivity index (χ0n) is 17.1. The molecule has 1 aromatic carbocycles. The molecule has 9 heteroatoms. The minimum atomic E-state index is -0.835. The number of thiocarbonyl (C=S) groups is 1.